The standard InChI is InChI=1S/C69H120O6/c1-4-7-10-13-16-19-22-25-27-28-29-30-31-32-33-34-35-36-37-38-39-40-42-44-47-50-53-56-59-62-68(71)74-65-66(64-73-67(70)61-58-55-52-49-46-43-24-21-18-15-12-9-6-3)75-69(72)63-60-57-54-51-48-45-41-26-23-20-17-14-11-8-5-2/h8,11-12,15,17,20-21,24,26,41,48,51,57,60,66H,4-7,9-10,13-14,16,18-19,22-23,25,27-40,42-47,49-50,52-56,58-59,61-65H2,1-3H3/b11-8-,15-12-,20-17-,24-21-,41-26-,51-48-,60-57-. The molecule has 0 N–H and O–H groups in total. The van der Waals surface area contributed by atoms with Gasteiger partial charge in [0.15, 0.2) is 6.10 Å². The third-order valence-corrected chi connectivity index (χ3v) is 13.9. The fourth-order valence-electron chi connectivity index (χ4n) is 9.15. The molecule has 0 aromatic carbocycles. The molecule has 0 aromatic rings. The zero-order valence-electron chi connectivity index (χ0n) is 49.6. The summed E-state index contributed by atoms with van der Waals surface area (Å²) in [6, 6.07) is 0. The van der Waals surface area contributed by atoms with Crippen LogP contribution in [-0.2, 0) is 28.6 Å². The van der Waals surface area contributed by atoms with Crippen LogP contribution in [0, 0.1) is 0 Å². The highest BCUT2D eigenvalue weighted by Gasteiger charge is 2.19. The summed E-state index contributed by atoms with van der Waals surface area (Å²) in [6.07, 6.45) is 83.6. The second-order valence-corrected chi connectivity index (χ2v) is 21.3. The van der Waals surface area contributed by atoms with Gasteiger partial charge in [-0.2, -0.15) is 0 Å². The van der Waals surface area contributed by atoms with Crippen LogP contribution < -0.4 is 0 Å². The highest BCUT2D eigenvalue weighted by molar-refractivity contribution is 5.72. The molecule has 1 atom stereocenters. The quantitative estimate of drug-likeness (QED) is 0.0261. The maximum absolute atomic E-state index is 12.8. The molecule has 432 valence electrons. The van der Waals surface area contributed by atoms with Crippen molar-refractivity contribution in [1.29, 1.82) is 0 Å². The summed E-state index contributed by atoms with van der Waals surface area (Å²) in [5, 5.41) is 0. The minimum atomic E-state index is -0.836. The van der Waals surface area contributed by atoms with E-state index in [4.69, 9.17) is 14.2 Å². The van der Waals surface area contributed by atoms with Crippen molar-refractivity contribution in [1.82, 2.24) is 0 Å². The molecule has 0 radical (unpaired) electrons. The second-order valence-electron chi connectivity index (χ2n) is 21.3. The Morgan fingerprint density at radius 2 is 0.587 bits per heavy atom. The van der Waals surface area contributed by atoms with Crippen molar-refractivity contribution in [2.75, 3.05) is 13.2 Å². The molecule has 0 spiro atoms. The number of hydrogen-bond donors (Lipinski definition) is 0. The van der Waals surface area contributed by atoms with Crippen LogP contribution >= 0.6 is 0 Å². The summed E-state index contributed by atoms with van der Waals surface area (Å²) in [7, 11) is 0. The molecule has 0 fully saturated rings. The normalized spacial score (nSPS) is 12.6. The van der Waals surface area contributed by atoms with Gasteiger partial charge < -0.3 is 14.2 Å². The number of allylic oxidation sites excluding steroid dienone is 13. The fraction of sp³-hybridized carbons (Fsp3) is 0.754. The Morgan fingerprint density at radius 3 is 0.933 bits per heavy atom. The van der Waals surface area contributed by atoms with Gasteiger partial charge in [-0.3, -0.25) is 14.4 Å². The lowest BCUT2D eigenvalue weighted by Crippen LogP contribution is -2.30. The van der Waals surface area contributed by atoms with Crippen LogP contribution in [0.3, 0.4) is 0 Å². The molecule has 0 aliphatic rings. The van der Waals surface area contributed by atoms with Crippen LogP contribution in [0.15, 0.2) is 85.1 Å². The number of rotatable bonds is 58. The van der Waals surface area contributed by atoms with E-state index in [1.54, 1.807) is 6.08 Å². The summed E-state index contributed by atoms with van der Waals surface area (Å²) in [5.74, 6) is -1.05. The zero-order valence-corrected chi connectivity index (χ0v) is 49.6. The van der Waals surface area contributed by atoms with Gasteiger partial charge in [-0.05, 0) is 70.6 Å². The van der Waals surface area contributed by atoms with Gasteiger partial charge in [0.1, 0.15) is 13.2 Å². The minimum Gasteiger partial charge on any atom is -0.462 e. The Labute approximate surface area is 465 Å². The van der Waals surface area contributed by atoms with Gasteiger partial charge in [0, 0.05) is 12.8 Å². The van der Waals surface area contributed by atoms with Crippen molar-refractivity contribution in [3.63, 3.8) is 0 Å². The molecule has 6 nitrogen and oxygen atoms in total. The first-order valence-electron chi connectivity index (χ1n) is 32.1. The van der Waals surface area contributed by atoms with Crippen LogP contribution in [0.4, 0.5) is 0 Å². The molecule has 75 heavy (non-hydrogen) atoms. The molecule has 0 saturated carbocycles. The van der Waals surface area contributed by atoms with E-state index < -0.39 is 12.1 Å². The Kier molecular flexibility index (Phi) is 60.3. The van der Waals surface area contributed by atoms with Crippen LogP contribution in [0.2, 0.25) is 0 Å². The molecule has 0 saturated heterocycles. The first kappa shape index (κ1) is 71.6. The van der Waals surface area contributed by atoms with E-state index in [9.17, 15) is 14.4 Å². The summed E-state index contributed by atoms with van der Waals surface area (Å²) in [6.45, 7) is 6.40. The Hall–Kier alpha value is -3.41. The van der Waals surface area contributed by atoms with E-state index >= 15 is 0 Å². The van der Waals surface area contributed by atoms with E-state index in [1.807, 2.05) is 6.08 Å². The lowest BCUT2D eigenvalue weighted by molar-refractivity contribution is -0.166. The van der Waals surface area contributed by atoms with Gasteiger partial charge in [0.2, 0.25) is 0 Å². The summed E-state index contributed by atoms with van der Waals surface area (Å²) in [4.78, 5) is 38.1. The maximum Gasteiger partial charge on any atom is 0.310 e. The van der Waals surface area contributed by atoms with Crippen LogP contribution in [0.1, 0.15) is 316 Å². The van der Waals surface area contributed by atoms with Crippen molar-refractivity contribution < 1.29 is 28.6 Å². The van der Waals surface area contributed by atoms with Gasteiger partial charge in [-0.15, -0.1) is 0 Å². The Balaban J connectivity index is 4.23. The summed E-state index contributed by atoms with van der Waals surface area (Å²) in [5.41, 5.74) is 0. The van der Waals surface area contributed by atoms with Crippen molar-refractivity contribution >= 4 is 17.9 Å². The highest BCUT2D eigenvalue weighted by Crippen LogP contribution is 2.17. The lowest BCUT2D eigenvalue weighted by Gasteiger charge is -2.18. The third kappa shape index (κ3) is 61.3. The first-order valence-corrected chi connectivity index (χ1v) is 32.1. The summed E-state index contributed by atoms with van der Waals surface area (Å²) < 4.78 is 16.8. The topological polar surface area (TPSA) is 78.9 Å². The zero-order chi connectivity index (χ0) is 54.3. The van der Waals surface area contributed by atoms with Crippen molar-refractivity contribution in [2.45, 2.75) is 322 Å². The van der Waals surface area contributed by atoms with E-state index in [0.717, 1.165) is 103 Å². The Morgan fingerprint density at radius 1 is 0.293 bits per heavy atom. The molecule has 6 heteroatoms. The average Bonchev–Trinajstić information content (AvgIpc) is 3.41. The molecule has 0 heterocycles. The van der Waals surface area contributed by atoms with E-state index in [1.165, 1.54) is 173 Å². The van der Waals surface area contributed by atoms with Crippen molar-refractivity contribution in [3.05, 3.63) is 85.1 Å². The maximum atomic E-state index is 12.8. The number of carbonyl (C=O) groups is 3. The van der Waals surface area contributed by atoms with Crippen molar-refractivity contribution in [2.24, 2.45) is 0 Å². The minimum absolute atomic E-state index is 0.0946. The van der Waals surface area contributed by atoms with Gasteiger partial charge in [-0.25, -0.2) is 0 Å². The van der Waals surface area contributed by atoms with E-state index in [-0.39, 0.29) is 31.6 Å². The van der Waals surface area contributed by atoms with Gasteiger partial charge in [0.05, 0.1) is 6.42 Å². The van der Waals surface area contributed by atoms with Gasteiger partial charge in [-0.1, -0.05) is 311 Å². The molecule has 0 amide bonds. The molecule has 0 rings (SSSR count). The van der Waals surface area contributed by atoms with Gasteiger partial charge >= 0.3 is 17.9 Å². The molecule has 0 aromatic heterocycles. The molecule has 1 unspecified atom stereocenters. The van der Waals surface area contributed by atoms with E-state index in [0.29, 0.717) is 12.8 Å². The number of unbranched alkanes of at least 4 members (excludes halogenated alkanes) is 34. The summed E-state index contributed by atoms with van der Waals surface area (Å²) >= 11 is 0. The first-order chi connectivity index (χ1) is 37.0. The SMILES string of the molecule is CC/C=C\C/C=C\C/C=C\C/C=C\C/C=C\CC(=O)OC(COC(=O)CCCCCCC/C=C\C/C=C\CCC)COC(=O)CCCCCCCCCCCCCCCCCCCCCCCCCCCCCCC. The van der Waals surface area contributed by atoms with Crippen LogP contribution in [-0.4, -0.2) is 37.2 Å². The highest BCUT2D eigenvalue weighted by atomic mass is 16.6. The molecular weight excluding hydrogens is 925 g/mol. The smallest absolute Gasteiger partial charge is 0.310 e. The number of ether oxygens (including phenoxy) is 3. The number of hydrogen-bond acceptors (Lipinski definition) is 6. The molecular formula is C69H120O6. The predicted molar refractivity (Wildman–Crippen MR) is 325 cm³/mol. The Bertz CT molecular complexity index is 1430. The second kappa shape index (κ2) is 63.1. The average molecular weight is 1050 g/mol. The lowest BCUT2D eigenvalue weighted by atomic mass is 10.0. The van der Waals surface area contributed by atoms with E-state index in [2.05, 4.69) is 93.7 Å². The number of carbonyl (C=O) groups excluding carboxylic acids is 3. The largest absolute Gasteiger partial charge is 0.462 e. The van der Waals surface area contributed by atoms with Crippen LogP contribution in [0.5, 0.6) is 0 Å². The van der Waals surface area contributed by atoms with Gasteiger partial charge in [0.25, 0.3) is 0 Å². The van der Waals surface area contributed by atoms with Crippen molar-refractivity contribution in [3.8, 4) is 0 Å². The predicted octanol–water partition coefficient (Wildman–Crippen LogP) is 21.9. The molecule has 0 bridgehead atoms. The fourth-order valence-corrected chi connectivity index (χ4v) is 9.15. The molecule has 0 aliphatic carbocycles. The monoisotopic (exact) mass is 1040 g/mol. The third-order valence-electron chi connectivity index (χ3n) is 13.9. The van der Waals surface area contributed by atoms with Crippen LogP contribution in [0.25, 0.3) is 0 Å². The number of esters is 3. The molecule has 0 aliphatic heterocycles.